The molecule has 1 heterocycles. The van der Waals surface area contributed by atoms with Crippen molar-refractivity contribution < 1.29 is 9.53 Å². The Bertz CT molecular complexity index is 388. The van der Waals surface area contributed by atoms with Crippen molar-refractivity contribution in [1.29, 1.82) is 0 Å². The van der Waals surface area contributed by atoms with Gasteiger partial charge in [0.15, 0.2) is 0 Å². The topological polar surface area (TPSA) is 29.3 Å². The number of benzene rings is 1. The fraction of sp³-hybridized carbons (Fsp3) is 0.500. The molecule has 1 aromatic rings. The van der Waals surface area contributed by atoms with Crippen molar-refractivity contribution in [3.05, 3.63) is 35.9 Å². The van der Waals surface area contributed by atoms with Crippen molar-refractivity contribution in [3.8, 4) is 0 Å². The molecule has 17 heavy (non-hydrogen) atoms. The Morgan fingerprint density at radius 2 is 2.00 bits per heavy atom. The Labute approximate surface area is 102 Å². The zero-order valence-electron chi connectivity index (χ0n) is 10.6. The second-order valence-electron chi connectivity index (χ2n) is 4.59. The predicted octanol–water partition coefficient (Wildman–Crippen LogP) is 2.38. The third kappa shape index (κ3) is 2.34. The fourth-order valence-corrected chi connectivity index (χ4v) is 2.37. The van der Waals surface area contributed by atoms with Crippen LogP contribution in [0.2, 0.25) is 0 Å². The minimum absolute atomic E-state index is 0.0997. The molecule has 3 heteroatoms. The second-order valence-corrected chi connectivity index (χ2v) is 4.59. The Morgan fingerprint density at radius 1 is 1.35 bits per heavy atom. The minimum atomic E-state index is -0.102. The van der Waals surface area contributed by atoms with Crippen LogP contribution in [0.1, 0.15) is 32.4 Å². The molecule has 1 aromatic carbocycles. The maximum absolute atomic E-state index is 11.8. The molecule has 92 valence electrons. The van der Waals surface area contributed by atoms with Gasteiger partial charge in [-0.3, -0.25) is 9.69 Å². The summed E-state index contributed by atoms with van der Waals surface area (Å²) in [6, 6.07) is 10.6. The number of carbonyl (C=O) groups excluding carboxylic acids is 1. The van der Waals surface area contributed by atoms with E-state index in [1.54, 1.807) is 0 Å². The number of hydrogen-bond donors (Lipinski definition) is 0. The Hall–Kier alpha value is -1.35. The number of hydrogen-bond acceptors (Lipinski definition) is 3. The average Bonchev–Trinajstić information content (AvgIpc) is 3.06. The molecule has 0 aromatic heterocycles. The molecule has 0 bridgehead atoms. The van der Waals surface area contributed by atoms with E-state index in [1.807, 2.05) is 25.1 Å². The monoisotopic (exact) mass is 233 g/mol. The molecule has 0 spiro atoms. The van der Waals surface area contributed by atoms with E-state index in [0.717, 1.165) is 0 Å². The smallest absolute Gasteiger partial charge is 0.325 e. The molecule has 1 fully saturated rings. The van der Waals surface area contributed by atoms with Crippen LogP contribution in [0, 0.1) is 0 Å². The lowest BCUT2D eigenvalue weighted by Gasteiger charge is -2.07. The standard InChI is InChI=1S/C14H19NO2/c1-4-17-14(16)13-12(15(13)10(2)3)11-8-6-5-7-9-11/h5-10,12-13H,4H2,1-3H3/t12-,13+,15?/m0/s1. The quantitative estimate of drug-likeness (QED) is 0.590. The number of carbonyl (C=O) groups is 1. The van der Waals surface area contributed by atoms with E-state index >= 15 is 0 Å². The lowest BCUT2D eigenvalue weighted by molar-refractivity contribution is -0.143. The first-order valence-electron chi connectivity index (χ1n) is 6.15. The van der Waals surface area contributed by atoms with Gasteiger partial charge in [0.2, 0.25) is 0 Å². The van der Waals surface area contributed by atoms with Crippen molar-refractivity contribution in [3.63, 3.8) is 0 Å². The van der Waals surface area contributed by atoms with E-state index in [-0.39, 0.29) is 18.1 Å². The summed E-state index contributed by atoms with van der Waals surface area (Å²) >= 11 is 0. The zero-order valence-corrected chi connectivity index (χ0v) is 10.6. The summed E-state index contributed by atoms with van der Waals surface area (Å²) in [6.07, 6.45) is 0. The summed E-state index contributed by atoms with van der Waals surface area (Å²) in [5.74, 6) is -0.102. The first-order chi connectivity index (χ1) is 8.16. The average molecular weight is 233 g/mol. The van der Waals surface area contributed by atoms with Gasteiger partial charge < -0.3 is 4.74 Å². The molecule has 0 saturated carbocycles. The molecule has 1 aliphatic heterocycles. The SMILES string of the molecule is CCOC(=O)[C@H]1[C@H](c2ccccc2)N1C(C)C. The third-order valence-corrected chi connectivity index (χ3v) is 3.12. The zero-order chi connectivity index (χ0) is 12.4. The van der Waals surface area contributed by atoms with E-state index in [9.17, 15) is 4.79 Å². The van der Waals surface area contributed by atoms with Crippen LogP contribution in [0.3, 0.4) is 0 Å². The van der Waals surface area contributed by atoms with E-state index in [1.165, 1.54) is 5.56 Å². The van der Waals surface area contributed by atoms with E-state index in [2.05, 4.69) is 30.9 Å². The molecule has 0 N–H and O–H groups in total. The van der Waals surface area contributed by atoms with Crippen LogP contribution < -0.4 is 0 Å². The molecule has 1 unspecified atom stereocenters. The summed E-state index contributed by atoms with van der Waals surface area (Å²) in [5.41, 5.74) is 1.19. The second kappa shape index (κ2) is 4.88. The molecule has 1 aliphatic rings. The normalized spacial score (nSPS) is 26.9. The molecule has 2 rings (SSSR count). The fourth-order valence-electron chi connectivity index (χ4n) is 2.37. The van der Waals surface area contributed by atoms with Crippen molar-refractivity contribution in [2.45, 2.75) is 38.9 Å². The van der Waals surface area contributed by atoms with Gasteiger partial charge in [-0.1, -0.05) is 30.3 Å². The van der Waals surface area contributed by atoms with Crippen LogP contribution >= 0.6 is 0 Å². The lowest BCUT2D eigenvalue weighted by atomic mass is 10.1. The van der Waals surface area contributed by atoms with Crippen molar-refractivity contribution in [1.82, 2.24) is 4.90 Å². The van der Waals surface area contributed by atoms with Gasteiger partial charge in [0.1, 0.15) is 6.04 Å². The molecule has 1 saturated heterocycles. The first kappa shape index (κ1) is 12.1. The Kier molecular flexibility index (Phi) is 3.48. The Balaban J connectivity index is 2.15. The molecule has 0 radical (unpaired) electrons. The van der Waals surface area contributed by atoms with E-state index in [0.29, 0.717) is 12.6 Å². The predicted molar refractivity (Wildman–Crippen MR) is 66.6 cm³/mol. The van der Waals surface area contributed by atoms with Gasteiger partial charge in [-0.25, -0.2) is 0 Å². The van der Waals surface area contributed by atoms with Crippen LogP contribution in [0.5, 0.6) is 0 Å². The maximum atomic E-state index is 11.8. The van der Waals surface area contributed by atoms with Crippen LogP contribution in [0.25, 0.3) is 0 Å². The summed E-state index contributed by atoms with van der Waals surface area (Å²) in [6.45, 7) is 6.50. The largest absolute Gasteiger partial charge is 0.465 e. The maximum Gasteiger partial charge on any atom is 0.325 e. The summed E-state index contributed by atoms with van der Waals surface area (Å²) < 4.78 is 5.12. The third-order valence-electron chi connectivity index (χ3n) is 3.12. The number of nitrogens with zero attached hydrogens (tertiary/aromatic N) is 1. The van der Waals surface area contributed by atoms with Gasteiger partial charge in [0.05, 0.1) is 12.6 Å². The lowest BCUT2D eigenvalue weighted by Crippen LogP contribution is -2.20. The van der Waals surface area contributed by atoms with E-state index in [4.69, 9.17) is 4.74 Å². The molecular weight excluding hydrogens is 214 g/mol. The minimum Gasteiger partial charge on any atom is -0.465 e. The molecule has 0 aliphatic carbocycles. The van der Waals surface area contributed by atoms with Crippen LogP contribution in [0.15, 0.2) is 30.3 Å². The highest BCUT2D eigenvalue weighted by Crippen LogP contribution is 2.45. The van der Waals surface area contributed by atoms with Crippen LogP contribution in [-0.2, 0) is 9.53 Å². The van der Waals surface area contributed by atoms with Crippen LogP contribution in [0.4, 0.5) is 0 Å². The van der Waals surface area contributed by atoms with Crippen molar-refractivity contribution >= 4 is 5.97 Å². The van der Waals surface area contributed by atoms with Gasteiger partial charge in [0, 0.05) is 6.04 Å². The van der Waals surface area contributed by atoms with Gasteiger partial charge in [0.25, 0.3) is 0 Å². The van der Waals surface area contributed by atoms with Gasteiger partial charge in [-0.15, -0.1) is 0 Å². The van der Waals surface area contributed by atoms with Gasteiger partial charge >= 0.3 is 5.97 Å². The number of esters is 1. The summed E-state index contributed by atoms with van der Waals surface area (Å²) in [7, 11) is 0. The number of rotatable bonds is 4. The van der Waals surface area contributed by atoms with Crippen molar-refractivity contribution in [2.24, 2.45) is 0 Å². The van der Waals surface area contributed by atoms with Crippen LogP contribution in [-0.4, -0.2) is 29.6 Å². The molecule has 3 atom stereocenters. The Morgan fingerprint density at radius 3 is 2.53 bits per heavy atom. The first-order valence-corrected chi connectivity index (χ1v) is 6.15. The summed E-state index contributed by atoms with van der Waals surface area (Å²) in [5, 5.41) is 0. The molecular formula is C14H19NO2. The molecule has 0 amide bonds. The van der Waals surface area contributed by atoms with E-state index < -0.39 is 0 Å². The summed E-state index contributed by atoms with van der Waals surface area (Å²) in [4.78, 5) is 14.0. The van der Waals surface area contributed by atoms with Gasteiger partial charge in [-0.2, -0.15) is 0 Å². The highest BCUT2D eigenvalue weighted by atomic mass is 16.5. The number of ether oxygens (including phenoxy) is 1. The highest BCUT2D eigenvalue weighted by molar-refractivity contribution is 5.81. The molecule has 3 nitrogen and oxygen atoms in total. The van der Waals surface area contributed by atoms with Gasteiger partial charge in [-0.05, 0) is 26.3 Å². The highest BCUT2D eigenvalue weighted by Gasteiger charge is 2.55. The van der Waals surface area contributed by atoms with Crippen molar-refractivity contribution in [2.75, 3.05) is 6.61 Å².